The first-order chi connectivity index (χ1) is 7.83. The summed E-state index contributed by atoms with van der Waals surface area (Å²) in [5.74, 6) is 0.876. The first-order valence-electron chi connectivity index (χ1n) is 5.23. The molecule has 2 nitrogen and oxygen atoms in total. The summed E-state index contributed by atoms with van der Waals surface area (Å²) in [4.78, 5) is 3.37. The number of hydrogen-bond donors (Lipinski definition) is 0. The van der Waals surface area contributed by atoms with Crippen molar-refractivity contribution in [3.63, 3.8) is 0 Å². The lowest BCUT2D eigenvalue weighted by molar-refractivity contribution is 0.415. The lowest BCUT2D eigenvalue weighted by Gasteiger charge is -2.04. The molecule has 0 unspecified atom stereocenters. The van der Waals surface area contributed by atoms with Gasteiger partial charge in [0.15, 0.2) is 0 Å². The molecule has 2 rings (SSSR count). The van der Waals surface area contributed by atoms with Crippen LogP contribution in [0.1, 0.15) is 5.56 Å². The predicted molar refractivity (Wildman–Crippen MR) is 65.7 cm³/mol. The maximum atomic E-state index is 6.78. The Balaban J connectivity index is 2.36. The third kappa shape index (κ3) is 2.14. The van der Waals surface area contributed by atoms with Gasteiger partial charge in [-0.2, -0.15) is 0 Å². The minimum Gasteiger partial charge on any atom is -0.497 e. The second-order valence-corrected chi connectivity index (χ2v) is 3.68. The number of rotatable bonds is 3. The van der Waals surface area contributed by atoms with E-state index in [1.54, 1.807) is 7.11 Å². The van der Waals surface area contributed by atoms with Crippen LogP contribution in [0.4, 0.5) is 0 Å². The molecule has 0 fully saturated rings. The van der Waals surface area contributed by atoms with Gasteiger partial charge in [0.25, 0.3) is 0 Å². The van der Waals surface area contributed by atoms with Gasteiger partial charge in [-0.05, 0) is 28.5 Å². The van der Waals surface area contributed by atoms with Crippen LogP contribution in [0.5, 0.6) is 5.75 Å². The smallest absolute Gasteiger partial charge is 0.218 e. The molecule has 0 saturated heterocycles. The molecule has 0 N–H and O–H groups in total. The van der Waals surface area contributed by atoms with E-state index in [1.807, 2.05) is 12.1 Å². The van der Waals surface area contributed by atoms with Crippen LogP contribution in [0.2, 0.25) is 0 Å². The van der Waals surface area contributed by atoms with Gasteiger partial charge in [0.05, 0.1) is 7.11 Å². The number of ether oxygens (including phenoxy) is 1. The molecule has 0 saturated carbocycles. The molecule has 16 heavy (non-hydrogen) atoms. The van der Waals surface area contributed by atoms with Crippen LogP contribution in [-0.2, 0) is 6.42 Å². The van der Waals surface area contributed by atoms with E-state index in [4.69, 9.17) is 11.3 Å². The van der Waals surface area contributed by atoms with E-state index in [0.717, 1.165) is 12.2 Å². The first-order valence-corrected chi connectivity index (χ1v) is 5.23. The summed E-state index contributed by atoms with van der Waals surface area (Å²) in [7, 11) is 1.67. The van der Waals surface area contributed by atoms with E-state index in [-0.39, 0.29) is 0 Å². The third-order valence-corrected chi connectivity index (χ3v) is 2.62. The van der Waals surface area contributed by atoms with Crippen molar-refractivity contribution in [1.29, 1.82) is 0 Å². The topological polar surface area (TPSA) is 13.6 Å². The Morgan fingerprint density at radius 3 is 2.62 bits per heavy atom. The first kappa shape index (κ1) is 10.5. The Kier molecular flexibility index (Phi) is 3.07. The third-order valence-electron chi connectivity index (χ3n) is 2.62. The Morgan fingerprint density at radius 1 is 1.12 bits per heavy atom. The van der Waals surface area contributed by atoms with Crippen LogP contribution < -0.4 is 4.74 Å². The van der Waals surface area contributed by atoms with Gasteiger partial charge < -0.3 is 9.58 Å². The standard InChI is InChI=1S/C14H13NO/c1-15-8-7-11-3-4-13-10-14(16-2)6-5-12(13)9-11/h3-6,9-10H,7-8H2,2H3. The number of benzene rings is 2. The van der Waals surface area contributed by atoms with E-state index >= 15 is 0 Å². The molecule has 0 aromatic heterocycles. The van der Waals surface area contributed by atoms with Crippen LogP contribution in [-0.4, -0.2) is 13.7 Å². The molecule has 0 heterocycles. The normalized spacial score (nSPS) is 10.0. The minimum absolute atomic E-state index is 0.557. The summed E-state index contributed by atoms with van der Waals surface area (Å²) >= 11 is 0. The van der Waals surface area contributed by atoms with Gasteiger partial charge in [-0.15, -0.1) is 0 Å². The van der Waals surface area contributed by atoms with Crippen molar-refractivity contribution in [3.8, 4) is 5.75 Å². The minimum atomic E-state index is 0.557. The van der Waals surface area contributed by atoms with Crippen molar-refractivity contribution < 1.29 is 4.74 Å². The van der Waals surface area contributed by atoms with Crippen LogP contribution >= 0.6 is 0 Å². The van der Waals surface area contributed by atoms with Gasteiger partial charge >= 0.3 is 0 Å². The zero-order valence-corrected chi connectivity index (χ0v) is 9.23. The van der Waals surface area contributed by atoms with E-state index in [1.165, 1.54) is 16.3 Å². The fourth-order valence-electron chi connectivity index (χ4n) is 1.74. The Bertz CT molecular complexity index is 540. The lowest BCUT2D eigenvalue weighted by atomic mass is 10.0. The Hall–Kier alpha value is -2.01. The SMILES string of the molecule is [C-]#[N+]CCc1ccc2cc(OC)ccc2c1. The fraction of sp³-hybridized carbons (Fsp3) is 0.214. The molecule has 0 radical (unpaired) electrons. The number of nitrogens with zero attached hydrogens (tertiary/aromatic N) is 1. The monoisotopic (exact) mass is 211 g/mol. The molecule has 0 aliphatic carbocycles. The van der Waals surface area contributed by atoms with E-state index < -0.39 is 0 Å². The molecule has 2 aromatic rings. The van der Waals surface area contributed by atoms with Crippen molar-refractivity contribution in [3.05, 3.63) is 53.4 Å². The largest absolute Gasteiger partial charge is 0.497 e. The van der Waals surface area contributed by atoms with Gasteiger partial charge in [-0.1, -0.05) is 24.3 Å². The number of hydrogen-bond acceptors (Lipinski definition) is 1. The average molecular weight is 211 g/mol. The van der Waals surface area contributed by atoms with Crippen LogP contribution in [0.3, 0.4) is 0 Å². The van der Waals surface area contributed by atoms with E-state index in [0.29, 0.717) is 6.54 Å². The highest BCUT2D eigenvalue weighted by Crippen LogP contribution is 2.21. The highest BCUT2D eigenvalue weighted by molar-refractivity contribution is 5.84. The zero-order valence-electron chi connectivity index (χ0n) is 9.23. The zero-order chi connectivity index (χ0) is 11.4. The van der Waals surface area contributed by atoms with Crippen molar-refractivity contribution >= 4 is 10.8 Å². The molecule has 0 aliphatic rings. The molecule has 0 amide bonds. The quantitative estimate of drug-likeness (QED) is 0.710. The van der Waals surface area contributed by atoms with Gasteiger partial charge in [-0.3, -0.25) is 0 Å². The van der Waals surface area contributed by atoms with E-state index in [2.05, 4.69) is 29.1 Å². The number of fused-ring (bicyclic) bond motifs is 1. The summed E-state index contributed by atoms with van der Waals surface area (Å²) in [6.45, 7) is 7.33. The predicted octanol–water partition coefficient (Wildman–Crippen LogP) is 3.31. The van der Waals surface area contributed by atoms with Crippen molar-refractivity contribution in [2.24, 2.45) is 0 Å². The van der Waals surface area contributed by atoms with Crippen molar-refractivity contribution in [1.82, 2.24) is 0 Å². The Labute approximate surface area is 95.3 Å². The lowest BCUT2D eigenvalue weighted by Crippen LogP contribution is -1.88. The van der Waals surface area contributed by atoms with Crippen molar-refractivity contribution in [2.45, 2.75) is 6.42 Å². The van der Waals surface area contributed by atoms with Gasteiger partial charge in [-0.25, -0.2) is 6.57 Å². The second kappa shape index (κ2) is 4.67. The van der Waals surface area contributed by atoms with Gasteiger partial charge in [0, 0.05) is 6.42 Å². The second-order valence-electron chi connectivity index (χ2n) is 3.68. The molecular weight excluding hydrogens is 198 g/mol. The summed E-state index contributed by atoms with van der Waals surface area (Å²) in [5.41, 5.74) is 1.22. The van der Waals surface area contributed by atoms with Gasteiger partial charge in [0.1, 0.15) is 5.75 Å². The summed E-state index contributed by atoms with van der Waals surface area (Å²) in [5, 5.41) is 2.37. The molecule has 0 atom stereocenters. The maximum absolute atomic E-state index is 6.78. The van der Waals surface area contributed by atoms with Crippen LogP contribution in [0.15, 0.2) is 36.4 Å². The highest BCUT2D eigenvalue weighted by atomic mass is 16.5. The molecule has 2 heteroatoms. The summed E-state index contributed by atoms with van der Waals surface area (Å²) in [6.07, 6.45) is 0.825. The van der Waals surface area contributed by atoms with Crippen molar-refractivity contribution in [2.75, 3.05) is 13.7 Å². The highest BCUT2D eigenvalue weighted by Gasteiger charge is 1.99. The average Bonchev–Trinajstić information content (AvgIpc) is 2.35. The molecule has 2 aromatic carbocycles. The molecule has 0 spiro atoms. The van der Waals surface area contributed by atoms with Crippen LogP contribution in [0, 0.1) is 6.57 Å². The molecular formula is C14H13NO. The number of methoxy groups -OCH3 is 1. The summed E-state index contributed by atoms with van der Waals surface area (Å²) in [6, 6.07) is 12.3. The molecule has 80 valence electrons. The van der Waals surface area contributed by atoms with Gasteiger partial charge in [0.2, 0.25) is 6.54 Å². The Morgan fingerprint density at radius 2 is 1.88 bits per heavy atom. The maximum Gasteiger partial charge on any atom is 0.218 e. The summed E-state index contributed by atoms with van der Waals surface area (Å²) < 4.78 is 5.18. The van der Waals surface area contributed by atoms with E-state index in [9.17, 15) is 0 Å². The molecule has 0 bridgehead atoms. The van der Waals surface area contributed by atoms with Crippen LogP contribution in [0.25, 0.3) is 15.6 Å². The molecule has 0 aliphatic heterocycles. The fourth-order valence-corrected chi connectivity index (χ4v) is 1.74.